The van der Waals surface area contributed by atoms with E-state index in [9.17, 15) is 22.7 Å². The molecule has 0 unspecified atom stereocenters. The fourth-order valence-electron chi connectivity index (χ4n) is 2.77. The van der Waals surface area contributed by atoms with Crippen LogP contribution in [0.1, 0.15) is 25.0 Å². The molecule has 144 valence electrons. The maximum Gasteiger partial charge on any atom is 1.00 e. The van der Waals surface area contributed by atoms with Gasteiger partial charge in [0, 0.05) is 24.5 Å². The van der Waals surface area contributed by atoms with Crippen LogP contribution in [0.15, 0.2) is 53.4 Å². The Balaban J connectivity index is 0.00000392. The Morgan fingerprint density at radius 1 is 1.07 bits per heavy atom. The predicted molar refractivity (Wildman–Crippen MR) is 98.9 cm³/mol. The molecule has 0 aliphatic carbocycles. The van der Waals surface area contributed by atoms with Crippen LogP contribution in [0.2, 0.25) is 0 Å². The van der Waals surface area contributed by atoms with Crippen LogP contribution in [0.4, 0.5) is 4.39 Å². The van der Waals surface area contributed by atoms with Gasteiger partial charge in [-0.25, -0.2) is 12.8 Å². The van der Waals surface area contributed by atoms with E-state index in [1.54, 1.807) is 13.8 Å². The predicted octanol–water partition coefficient (Wildman–Crippen LogP) is -0.681. The summed E-state index contributed by atoms with van der Waals surface area (Å²) in [6.45, 7) is 3.32. The summed E-state index contributed by atoms with van der Waals surface area (Å²) in [4.78, 5) is 12.1. The maximum atomic E-state index is 13.7. The van der Waals surface area contributed by atoms with Crippen molar-refractivity contribution in [1.29, 1.82) is 0 Å². The Morgan fingerprint density at radius 2 is 1.64 bits per heavy atom. The zero-order valence-electron chi connectivity index (χ0n) is 16.4. The van der Waals surface area contributed by atoms with Crippen molar-refractivity contribution in [1.82, 2.24) is 0 Å². The third-order valence-corrected chi connectivity index (χ3v) is 5.38. The van der Waals surface area contributed by atoms with Gasteiger partial charge in [0.15, 0.2) is 9.84 Å². The summed E-state index contributed by atoms with van der Waals surface area (Å²) in [5.41, 5.74) is -0.502. The van der Waals surface area contributed by atoms with Gasteiger partial charge in [-0.15, -0.1) is 0 Å². The average Bonchev–Trinajstić information content (AvgIpc) is 2.58. The largest absolute Gasteiger partial charge is 1.00 e. The fourth-order valence-corrected chi connectivity index (χ4v) is 3.40. The number of rotatable bonds is 6. The van der Waals surface area contributed by atoms with Gasteiger partial charge in [0.1, 0.15) is 5.82 Å². The van der Waals surface area contributed by atoms with Crippen molar-refractivity contribution in [3.05, 3.63) is 65.5 Å². The van der Waals surface area contributed by atoms with E-state index < -0.39 is 27.2 Å². The van der Waals surface area contributed by atoms with Crippen LogP contribution in [0.25, 0.3) is 11.1 Å². The Kier molecular flexibility index (Phi) is 8.17. The van der Waals surface area contributed by atoms with Crippen molar-refractivity contribution in [2.45, 2.75) is 24.3 Å². The van der Waals surface area contributed by atoms with Crippen molar-refractivity contribution in [3.63, 3.8) is 0 Å². The van der Waals surface area contributed by atoms with Crippen molar-refractivity contribution in [2.24, 2.45) is 0 Å². The molecule has 5 nitrogen and oxygen atoms in total. The quantitative estimate of drug-likeness (QED) is 0.355. The van der Waals surface area contributed by atoms with Crippen LogP contribution in [0, 0.1) is 5.82 Å². The number of carboxylic acid groups (broad SMARTS) is 1. The fraction of sp³-hybridized carbons (Fsp3) is 0.250. The monoisotopic (exact) mass is 414 g/mol. The summed E-state index contributed by atoms with van der Waals surface area (Å²) in [6, 6.07) is 10.9. The zero-order valence-corrected chi connectivity index (χ0v) is 19.3. The van der Waals surface area contributed by atoms with E-state index in [2.05, 4.69) is 0 Å². The molecule has 0 radical (unpaired) electrons. The molecule has 0 aliphatic rings. The number of carboxylic acids is 1. The molecule has 0 saturated carbocycles. The summed E-state index contributed by atoms with van der Waals surface area (Å²) in [6.07, 6.45) is 1.08. The number of halogens is 1. The van der Waals surface area contributed by atoms with Crippen LogP contribution < -0.4 is 34.7 Å². The average molecular weight is 414 g/mol. The number of ether oxygens (including phenoxy) is 1. The van der Waals surface area contributed by atoms with E-state index in [4.69, 9.17) is 4.74 Å². The normalized spacial score (nSPS) is 12.8. The van der Waals surface area contributed by atoms with E-state index >= 15 is 0 Å². The molecule has 28 heavy (non-hydrogen) atoms. The van der Waals surface area contributed by atoms with Gasteiger partial charge in [-0.3, -0.25) is 0 Å². The number of carbonyl (C=O) groups excluding carboxylic acids is 1. The second-order valence-electron chi connectivity index (χ2n) is 6.56. The van der Waals surface area contributed by atoms with Crippen LogP contribution in [-0.2, 0) is 19.4 Å². The Morgan fingerprint density at radius 3 is 2.07 bits per heavy atom. The number of aliphatic carboxylic acids is 1. The summed E-state index contributed by atoms with van der Waals surface area (Å²) in [5, 5.41) is 12.0. The molecule has 2 aromatic rings. The van der Waals surface area contributed by atoms with Crippen LogP contribution in [-0.4, -0.2) is 33.4 Å². The van der Waals surface area contributed by atoms with E-state index in [0.29, 0.717) is 5.56 Å². The molecule has 0 amide bonds. The van der Waals surface area contributed by atoms with Crippen molar-refractivity contribution >= 4 is 27.0 Å². The van der Waals surface area contributed by atoms with E-state index in [1.807, 2.05) is 0 Å². The molecule has 0 N–H and O–H groups in total. The topological polar surface area (TPSA) is 83.5 Å². The van der Waals surface area contributed by atoms with Gasteiger partial charge in [-0.1, -0.05) is 24.3 Å². The molecular weight excluding hydrogens is 394 g/mol. The minimum absolute atomic E-state index is 0. The molecule has 0 fully saturated rings. The molecule has 0 bridgehead atoms. The molecule has 0 saturated heterocycles. The number of sulfone groups is 1. The zero-order chi connectivity index (χ0) is 20.4. The SMILES string of the molecule is COC(C)(C)/C(=C(\C(=O)[O-])c1cccc(F)c1)c1ccc(S(C)(=O)=O)cc1.[Na+]. The van der Waals surface area contributed by atoms with Gasteiger partial charge in [0.05, 0.1) is 16.5 Å². The number of methoxy groups -OCH3 is 1. The number of carbonyl (C=O) groups is 1. The summed E-state index contributed by atoms with van der Waals surface area (Å²) in [7, 11) is -1.99. The Labute approximate surface area is 186 Å². The van der Waals surface area contributed by atoms with Crippen molar-refractivity contribution < 1.29 is 57.0 Å². The standard InChI is InChI=1S/C20H21FO5S.Na/c1-20(2,26-3)18(13-8-10-16(11-9-13)27(4,24)25)17(19(22)23)14-6-5-7-15(21)12-14;/h5-12H,1-4H3,(H,22,23);/q;+1/p-1/b18-17-;. The second kappa shape index (κ2) is 9.33. The summed E-state index contributed by atoms with van der Waals surface area (Å²) in [5.74, 6) is -2.08. The molecule has 0 aromatic heterocycles. The van der Waals surface area contributed by atoms with Crippen molar-refractivity contribution in [2.75, 3.05) is 13.4 Å². The van der Waals surface area contributed by atoms with Gasteiger partial charge < -0.3 is 14.6 Å². The van der Waals surface area contributed by atoms with Gasteiger partial charge in [0.25, 0.3) is 0 Å². The molecule has 8 heteroatoms. The van der Waals surface area contributed by atoms with E-state index in [0.717, 1.165) is 12.3 Å². The molecular formula is C20H20FNaO5S. The third-order valence-electron chi connectivity index (χ3n) is 4.25. The number of benzene rings is 2. The first-order valence-corrected chi connectivity index (χ1v) is 9.94. The second-order valence-corrected chi connectivity index (χ2v) is 8.57. The van der Waals surface area contributed by atoms with Gasteiger partial charge >= 0.3 is 29.6 Å². The molecule has 2 aromatic carbocycles. The number of hydrogen-bond acceptors (Lipinski definition) is 5. The van der Waals surface area contributed by atoms with Gasteiger partial charge in [-0.2, -0.15) is 0 Å². The van der Waals surface area contributed by atoms with Crippen LogP contribution in [0.3, 0.4) is 0 Å². The van der Waals surface area contributed by atoms with E-state index in [1.165, 1.54) is 49.6 Å². The minimum atomic E-state index is -3.41. The summed E-state index contributed by atoms with van der Waals surface area (Å²) < 4.78 is 42.5. The molecule has 0 heterocycles. The van der Waals surface area contributed by atoms with Crippen LogP contribution in [0.5, 0.6) is 0 Å². The summed E-state index contributed by atoms with van der Waals surface area (Å²) >= 11 is 0. The maximum absolute atomic E-state index is 13.7. The molecule has 0 aliphatic heterocycles. The van der Waals surface area contributed by atoms with Crippen molar-refractivity contribution in [3.8, 4) is 0 Å². The first-order valence-electron chi connectivity index (χ1n) is 8.05. The number of hydrogen-bond donors (Lipinski definition) is 0. The third kappa shape index (κ3) is 5.52. The first-order chi connectivity index (χ1) is 12.5. The smallest absolute Gasteiger partial charge is 0.545 e. The Hall–Kier alpha value is -1.51. The Bertz CT molecular complexity index is 996. The molecule has 2 rings (SSSR count). The van der Waals surface area contributed by atoms with E-state index in [-0.39, 0.29) is 51.2 Å². The van der Waals surface area contributed by atoms with Gasteiger partial charge in [-0.05, 0) is 49.2 Å². The first kappa shape index (κ1) is 24.5. The molecule has 0 atom stereocenters. The van der Waals surface area contributed by atoms with Gasteiger partial charge in [0.2, 0.25) is 0 Å². The van der Waals surface area contributed by atoms with Crippen LogP contribution >= 0.6 is 0 Å². The minimum Gasteiger partial charge on any atom is -0.545 e. The molecule has 0 spiro atoms.